The molecule has 27 heavy (non-hydrogen) atoms. The van der Waals surface area contributed by atoms with E-state index in [0.29, 0.717) is 11.3 Å². The highest BCUT2D eigenvalue weighted by atomic mass is 32.2. The fourth-order valence-corrected chi connectivity index (χ4v) is 3.20. The monoisotopic (exact) mass is 391 g/mol. The highest BCUT2D eigenvalue weighted by molar-refractivity contribution is 7.91. The molecule has 2 N–H and O–H groups in total. The van der Waals surface area contributed by atoms with Crippen LogP contribution < -0.4 is 10.1 Å². The van der Waals surface area contributed by atoms with Gasteiger partial charge in [-0.3, -0.25) is 4.79 Å². The van der Waals surface area contributed by atoms with Gasteiger partial charge in [-0.1, -0.05) is 31.2 Å². The maximum Gasteiger partial charge on any atom is 0.341 e. The van der Waals surface area contributed by atoms with Crippen LogP contribution in [0.25, 0.3) is 0 Å². The molecule has 0 unspecified atom stereocenters. The van der Waals surface area contributed by atoms with E-state index in [4.69, 9.17) is 9.84 Å². The zero-order valence-electron chi connectivity index (χ0n) is 14.8. The first-order valence-electron chi connectivity index (χ1n) is 8.32. The average Bonchev–Trinajstić information content (AvgIpc) is 2.65. The summed E-state index contributed by atoms with van der Waals surface area (Å²) in [6.07, 6.45) is 0.127. The van der Waals surface area contributed by atoms with Gasteiger partial charge in [0, 0.05) is 6.54 Å². The number of hydrogen-bond donors (Lipinski definition) is 2. The molecule has 0 spiro atoms. The fourth-order valence-electron chi connectivity index (χ4n) is 2.32. The number of amides is 1. The minimum absolute atomic E-state index is 0.0298. The second-order valence-corrected chi connectivity index (χ2v) is 8.11. The molecule has 8 heteroatoms. The molecule has 2 aromatic rings. The molecule has 0 aromatic heterocycles. The van der Waals surface area contributed by atoms with Crippen molar-refractivity contribution in [1.29, 1.82) is 0 Å². The van der Waals surface area contributed by atoms with Crippen LogP contribution in [0.2, 0.25) is 0 Å². The predicted octanol–water partition coefficient (Wildman–Crippen LogP) is 1.80. The van der Waals surface area contributed by atoms with E-state index in [9.17, 15) is 18.0 Å². The van der Waals surface area contributed by atoms with Gasteiger partial charge in [-0.2, -0.15) is 0 Å². The van der Waals surface area contributed by atoms with Crippen molar-refractivity contribution >= 4 is 21.7 Å². The minimum atomic E-state index is -3.25. The zero-order valence-corrected chi connectivity index (χ0v) is 15.7. The van der Waals surface area contributed by atoms with Gasteiger partial charge in [-0.25, -0.2) is 13.2 Å². The molecule has 0 aliphatic heterocycles. The van der Waals surface area contributed by atoms with Crippen molar-refractivity contribution in [2.75, 3.05) is 12.4 Å². The molecule has 0 atom stereocenters. The Kier molecular flexibility index (Phi) is 6.95. The first-order valence-corrected chi connectivity index (χ1v) is 9.97. The lowest BCUT2D eigenvalue weighted by Gasteiger charge is -2.08. The third kappa shape index (κ3) is 6.41. The summed E-state index contributed by atoms with van der Waals surface area (Å²) in [7, 11) is -3.25. The first-order chi connectivity index (χ1) is 12.8. The zero-order chi connectivity index (χ0) is 19.9. The molecule has 1 amide bonds. The number of hydrogen-bond acceptors (Lipinski definition) is 5. The summed E-state index contributed by atoms with van der Waals surface area (Å²) in [5.74, 6) is -0.830. The van der Waals surface area contributed by atoms with E-state index in [-0.39, 0.29) is 29.5 Å². The first kappa shape index (κ1) is 20.4. The van der Waals surface area contributed by atoms with Crippen molar-refractivity contribution in [2.45, 2.75) is 24.8 Å². The Morgan fingerprint density at radius 2 is 1.78 bits per heavy atom. The van der Waals surface area contributed by atoms with E-state index in [0.717, 1.165) is 5.56 Å². The number of carbonyl (C=O) groups excluding carboxylic acids is 1. The van der Waals surface area contributed by atoms with E-state index in [1.807, 2.05) is 0 Å². The van der Waals surface area contributed by atoms with Gasteiger partial charge in [-0.05, 0) is 35.4 Å². The van der Waals surface area contributed by atoms with E-state index in [1.54, 1.807) is 43.3 Å². The standard InChI is InChI=1S/C19H21NO6S/c1-2-27(24,25)17-8-6-14(7-9-17)11-18(21)20-12-15-4-3-5-16(10-15)26-13-19(22)23/h3-10H,2,11-13H2,1H3,(H,20,21)(H,22,23). The van der Waals surface area contributed by atoms with Crippen LogP contribution in [-0.2, 0) is 32.4 Å². The lowest BCUT2D eigenvalue weighted by Crippen LogP contribution is -2.24. The molecule has 0 heterocycles. The summed E-state index contributed by atoms with van der Waals surface area (Å²) >= 11 is 0. The van der Waals surface area contributed by atoms with Crippen molar-refractivity contribution in [3.8, 4) is 5.75 Å². The molecule has 0 radical (unpaired) electrons. The van der Waals surface area contributed by atoms with Gasteiger partial charge in [0.05, 0.1) is 17.1 Å². The molecular formula is C19H21NO6S. The summed E-state index contributed by atoms with van der Waals surface area (Å²) in [4.78, 5) is 22.9. The Balaban J connectivity index is 1.89. The van der Waals surface area contributed by atoms with Crippen molar-refractivity contribution in [1.82, 2.24) is 5.32 Å². The van der Waals surface area contributed by atoms with Crippen LogP contribution in [-0.4, -0.2) is 37.8 Å². The Bertz CT molecular complexity index is 906. The van der Waals surface area contributed by atoms with Crippen molar-refractivity contribution < 1.29 is 27.9 Å². The third-order valence-electron chi connectivity index (χ3n) is 3.78. The van der Waals surface area contributed by atoms with Gasteiger partial charge in [0.1, 0.15) is 5.75 Å². The topological polar surface area (TPSA) is 110 Å². The Hall–Kier alpha value is -2.87. The van der Waals surface area contributed by atoms with Crippen LogP contribution in [0.4, 0.5) is 0 Å². The number of rotatable bonds is 9. The predicted molar refractivity (Wildman–Crippen MR) is 99.3 cm³/mol. The third-order valence-corrected chi connectivity index (χ3v) is 5.53. The maximum absolute atomic E-state index is 12.1. The van der Waals surface area contributed by atoms with Crippen LogP contribution in [0.1, 0.15) is 18.1 Å². The largest absolute Gasteiger partial charge is 0.482 e. The summed E-state index contributed by atoms with van der Waals surface area (Å²) in [6, 6.07) is 13.1. The molecule has 0 saturated carbocycles. The summed E-state index contributed by atoms with van der Waals surface area (Å²) in [5.41, 5.74) is 1.48. The molecule has 0 bridgehead atoms. The van der Waals surface area contributed by atoms with Gasteiger partial charge in [-0.15, -0.1) is 0 Å². The van der Waals surface area contributed by atoms with Gasteiger partial charge in [0.25, 0.3) is 0 Å². The normalized spacial score (nSPS) is 11.0. The van der Waals surface area contributed by atoms with Crippen LogP contribution in [0.15, 0.2) is 53.4 Å². The number of benzene rings is 2. The average molecular weight is 391 g/mol. The van der Waals surface area contributed by atoms with Gasteiger partial charge in [0.15, 0.2) is 16.4 Å². The Morgan fingerprint density at radius 3 is 2.41 bits per heavy atom. The molecule has 0 saturated heterocycles. The molecule has 2 rings (SSSR count). The fraction of sp³-hybridized carbons (Fsp3) is 0.263. The van der Waals surface area contributed by atoms with E-state index >= 15 is 0 Å². The van der Waals surface area contributed by atoms with E-state index < -0.39 is 22.4 Å². The number of aliphatic carboxylic acids is 1. The van der Waals surface area contributed by atoms with Crippen LogP contribution >= 0.6 is 0 Å². The smallest absolute Gasteiger partial charge is 0.341 e. The quantitative estimate of drug-likeness (QED) is 0.675. The number of sulfone groups is 1. The van der Waals surface area contributed by atoms with Crippen LogP contribution in [0.5, 0.6) is 5.75 Å². The highest BCUT2D eigenvalue weighted by Crippen LogP contribution is 2.14. The second-order valence-electron chi connectivity index (χ2n) is 5.83. The minimum Gasteiger partial charge on any atom is -0.482 e. The number of carboxylic acids is 1. The molecule has 0 aliphatic carbocycles. The number of ether oxygens (including phenoxy) is 1. The van der Waals surface area contributed by atoms with E-state index in [2.05, 4.69) is 5.32 Å². The molecule has 0 fully saturated rings. The van der Waals surface area contributed by atoms with Crippen LogP contribution in [0, 0.1) is 0 Å². The lowest BCUT2D eigenvalue weighted by atomic mass is 10.1. The SMILES string of the molecule is CCS(=O)(=O)c1ccc(CC(=O)NCc2cccc(OCC(=O)O)c2)cc1. The summed E-state index contributed by atoms with van der Waals surface area (Å²) in [5, 5.41) is 11.4. The van der Waals surface area contributed by atoms with Crippen molar-refractivity contribution in [3.63, 3.8) is 0 Å². The number of carbonyl (C=O) groups is 2. The lowest BCUT2D eigenvalue weighted by molar-refractivity contribution is -0.139. The van der Waals surface area contributed by atoms with Gasteiger partial charge >= 0.3 is 5.97 Å². The molecule has 144 valence electrons. The molecule has 2 aromatic carbocycles. The van der Waals surface area contributed by atoms with E-state index in [1.165, 1.54) is 12.1 Å². The van der Waals surface area contributed by atoms with Crippen molar-refractivity contribution in [3.05, 3.63) is 59.7 Å². The van der Waals surface area contributed by atoms with Gasteiger partial charge < -0.3 is 15.2 Å². The Morgan fingerprint density at radius 1 is 1.07 bits per heavy atom. The summed E-state index contributed by atoms with van der Waals surface area (Å²) in [6.45, 7) is 1.42. The second kappa shape index (κ2) is 9.18. The number of carboxylic acid groups (broad SMARTS) is 1. The van der Waals surface area contributed by atoms with Crippen LogP contribution in [0.3, 0.4) is 0 Å². The highest BCUT2D eigenvalue weighted by Gasteiger charge is 2.11. The van der Waals surface area contributed by atoms with Crippen molar-refractivity contribution in [2.24, 2.45) is 0 Å². The Labute approximate surface area is 157 Å². The summed E-state index contributed by atoms with van der Waals surface area (Å²) < 4.78 is 28.7. The molecular weight excluding hydrogens is 370 g/mol. The molecule has 0 aliphatic rings. The van der Waals surface area contributed by atoms with Gasteiger partial charge in [0.2, 0.25) is 5.91 Å². The maximum atomic E-state index is 12.1. The molecule has 7 nitrogen and oxygen atoms in total. The number of nitrogens with one attached hydrogen (secondary N) is 1.